The molecule has 0 bridgehead atoms. The monoisotopic (exact) mass is 396 g/mol. The van der Waals surface area contributed by atoms with Crippen LogP contribution in [-0.4, -0.2) is 21.6 Å². The first-order valence-electron chi connectivity index (χ1n) is 8.89. The fraction of sp³-hybridized carbons (Fsp3) is 0.190. The van der Waals surface area contributed by atoms with Crippen LogP contribution >= 0.6 is 11.6 Å². The second-order valence-corrected chi connectivity index (χ2v) is 6.85. The molecule has 0 fully saturated rings. The van der Waals surface area contributed by atoms with E-state index in [-0.39, 0.29) is 18.2 Å². The first kappa shape index (κ1) is 19.6. The Morgan fingerprint density at radius 3 is 2.50 bits per heavy atom. The van der Waals surface area contributed by atoms with Crippen LogP contribution in [0.15, 0.2) is 67.0 Å². The summed E-state index contributed by atoms with van der Waals surface area (Å²) in [5, 5.41) is 10.6. The predicted molar refractivity (Wildman–Crippen MR) is 108 cm³/mol. The Hall–Kier alpha value is -3.12. The van der Waals surface area contributed by atoms with Crippen molar-refractivity contribution in [1.29, 1.82) is 0 Å². The quantitative estimate of drug-likeness (QED) is 0.642. The summed E-state index contributed by atoms with van der Waals surface area (Å²) in [5.41, 5.74) is 2.67. The zero-order chi connectivity index (χ0) is 19.9. The molecule has 2 amide bonds. The normalized spacial score (nSPS) is 11.6. The third-order valence-corrected chi connectivity index (χ3v) is 4.44. The summed E-state index contributed by atoms with van der Waals surface area (Å²) in [6.07, 6.45) is 3.73. The summed E-state index contributed by atoms with van der Waals surface area (Å²) in [6, 6.07) is 16.4. The molecule has 1 atom stereocenters. The molecule has 7 heteroatoms. The van der Waals surface area contributed by atoms with E-state index in [2.05, 4.69) is 15.7 Å². The number of aromatic nitrogens is 2. The highest BCUT2D eigenvalue weighted by atomic mass is 35.5. The molecule has 0 aliphatic rings. The maximum atomic E-state index is 12.4. The molecule has 0 spiro atoms. The highest BCUT2D eigenvalue weighted by Crippen LogP contribution is 2.19. The maximum absolute atomic E-state index is 12.4. The van der Waals surface area contributed by atoms with E-state index in [1.807, 2.05) is 36.5 Å². The number of rotatable bonds is 7. The third kappa shape index (κ3) is 5.44. The Morgan fingerprint density at radius 2 is 1.82 bits per heavy atom. The van der Waals surface area contributed by atoms with Gasteiger partial charge in [-0.3, -0.25) is 9.59 Å². The van der Waals surface area contributed by atoms with Gasteiger partial charge in [0.25, 0.3) is 0 Å². The second kappa shape index (κ2) is 9.19. The number of carbonyl (C=O) groups is 2. The van der Waals surface area contributed by atoms with Crippen LogP contribution in [-0.2, 0) is 16.1 Å². The van der Waals surface area contributed by atoms with E-state index >= 15 is 0 Å². The fourth-order valence-corrected chi connectivity index (χ4v) is 2.95. The van der Waals surface area contributed by atoms with Crippen LogP contribution in [0.1, 0.15) is 30.5 Å². The molecule has 1 unspecified atom stereocenters. The smallest absolute Gasteiger partial charge is 0.222 e. The zero-order valence-corrected chi connectivity index (χ0v) is 16.2. The van der Waals surface area contributed by atoms with Gasteiger partial charge in [0.2, 0.25) is 11.8 Å². The van der Waals surface area contributed by atoms with Gasteiger partial charge in [-0.15, -0.1) is 0 Å². The third-order valence-electron chi connectivity index (χ3n) is 4.19. The number of amides is 2. The standard InChI is InChI=1S/C21H21ClN4O2/c1-15(27)25-20(17-7-9-18(22)10-8-17)11-21(28)23-12-16-13-24-26(14-16)19-5-3-2-4-6-19/h2-10,13-14,20H,11-12H2,1H3,(H,23,28)(H,25,27). The number of carbonyl (C=O) groups excluding carboxylic acids is 2. The molecule has 2 aromatic carbocycles. The number of hydrogen-bond acceptors (Lipinski definition) is 3. The lowest BCUT2D eigenvalue weighted by atomic mass is 10.0. The zero-order valence-electron chi connectivity index (χ0n) is 15.4. The summed E-state index contributed by atoms with van der Waals surface area (Å²) >= 11 is 5.92. The number of para-hydroxylation sites is 1. The summed E-state index contributed by atoms with van der Waals surface area (Å²) in [7, 11) is 0. The van der Waals surface area contributed by atoms with Gasteiger partial charge in [-0.05, 0) is 29.8 Å². The van der Waals surface area contributed by atoms with Crippen LogP contribution in [0.5, 0.6) is 0 Å². The highest BCUT2D eigenvalue weighted by molar-refractivity contribution is 6.30. The lowest BCUT2D eigenvalue weighted by Gasteiger charge is -2.18. The molecule has 0 saturated heterocycles. The van der Waals surface area contributed by atoms with Crippen molar-refractivity contribution in [2.45, 2.75) is 25.9 Å². The number of nitrogens with zero attached hydrogens (tertiary/aromatic N) is 2. The van der Waals surface area contributed by atoms with Crippen molar-refractivity contribution in [3.8, 4) is 5.69 Å². The minimum Gasteiger partial charge on any atom is -0.352 e. The van der Waals surface area contributed by atoms with Crippen LogP contribution in [0.25, 0.3) is 5.69 Å². The van der Waals surface area contributed by atoms with E-state index in [4.69, 9.17) is 11.6 Å². The molecule has 0 saturated carbocycles. The van der Waals surface area contributed by atoms with Gasteiger partial charge in [0.1, 0.15) is 0 Å². The van der Waals surface area contributed by atoms with E-state index in [1.165, 1.54) is 6.92 Å². The van der Waals surface area contributed by atoms with Crippen molar-refractivity contribution >= 4 is 23.4 Å². The molecule has 144 valence electrons. The van der Waals surface area contributed by atoms with Gasteiger partial charge in [0, 0.05) is 30.3 Å². The first-order valence-corrected chi connectivity index (χ1v) is 9.27. The molecular weight excluding hydrogens is 376 g/mol. The van der Waals surface area contributed by atoms with E-state index in [0.29, 0.717) is 11.6 Å². The Bertz CT molecular complexity index is 939. The molecule has 3 aromatic rings. The average molecular weight is 397 g/mol. The Kier molecular flexibility index (Phi) is 6.45. The van der Waals surface area contributed by atoms with Crippen molar-refractivity contribution in [2.75, 3.05) is 0 Å². The average Bonchev–Trinajstić information content (AvgIpc) is 3.16. The molecule has 0 aliphatic carbocycles. The van der Waals surface area contributed by atoms with Gasteiger partial charge >= 0.3 is 0 Å². The largest absolute Gasteiger partial charge is 0.352 e. The van der Waals surface area contributed by atoms with Crippen LogP contribution in [0, 0.1) is 0 Å². The van der Waals surface area contributed by atoms with E-state index in [9.17, 15) is 9.59 Å². The van der Waals surface area contributed by atoms with Crippen LogP contribution in [0.4, 0.5) is 0 Å². The Labute approximate surface area is 168 Å². The lowest BCUT2D eigenvalue weighted by molar-refractivity contribution is -0.122. The topological polar surface area (TPSA) is 76.0 Å². The van der Waals surface area contributed by atoms with E-state index in [0.717, 1.165) is 16.8 Å². The fourth-order valence-electron chi connectivity index (χ4n) is 2.82. The predicted octanol–water partition coefficient (Wildman–Crippen LogP) is 3.41. The van der Waals surface area contributed by atoms with Gasteiger partial charge in [0.05, 0.1) is 24.3 Å². The first-order chi connectivity index (χ1) is 13.5. The summed E-state index contributed by atoms with van der Waals surface area (Å²) < 4.78 is 1.76. The Morgan fingerprint density at radius 1 is 1.11 bits per heavy atom. The molecule has 1 heterocycles. The molecule has 6 nitrogen and oxygen atoms in total. The molecular formula is C21H21ClN4O2. The van der Waals surface area contributed by atoms with Crippen LogP contribution in [0.3, 0.4) is 0 Å². The SMILES string of the molecule is CC(=O)NC(CC(=O)NCc1cnn(-c2ccccc2)c1)c1ccc(Cl)cc1. The van der Waals surface area contributed by atoms with E-state index in [1.54, 1.807) is 35.1 Å². The summed E-state index contributed by atoms with van der Waals surface area (Å²) in [4.78, 5) is 23.9. The van der Waals surface area contributed by atoms with Gasteiger partial charge in [-0.1, -0.05) is 41.9 Å². The Balaban J connectivity index is 1.59. The van der Waals surface area contributed by atoms with Crippen molar-refractivity contribution in [3.05, 3.63) is 83.1 Å². The van der Waals surface area contributed by atoms with Crippen molar-refractivity contribution in [1.82, 2.24) is 20.4 Å². The van der Waals surface area contributed by atoms with Gasteiger partial charge < -0.3 is 10.6 Å². The van der Waals surface area contributed by atoms with Gasteiger partial charge in [0.15, 0.2) is 0 Å². The number of benzene rings is 2. The minimum absolute atomic E-state index is 0.133. The molecule has 2 N–H and O–H groups in total. The number of halogens is 1. The molecule has 3 rings (SSSR count). The van der Waals surface area contributed by atoms with Crippen molar-refractivity contribution < 1.29 is 9.59 Å². The molecule has 1 aromatic heterocycles. The van der Waals surface area contributed by atoms with Gasteiger partial charge in [-0.2, -0.15) is 5.10 Å². The number of nitrogens with one attached hydrogen (secondary N) is 2. The highest BCUT2D eigenvalue weighted by Gasteiger charge is 2.17. The maximum Gasteiger partial charge on any atom is 0.222 e. The summed E-state index contributed by atoms with van der Waals surface area (Å²) in [6.45, 7) is 1.79. The second-order valence-electron chi connectivity index (χ2n) is 6.41. The van der Waals surface area contributed by atoms with Crippen LogP contribution < -0.4 is 10.6 Å². The molecule has 28 heavy (non-hydrogen) atoms. The summed E-state index contributed by atoms with van der Waals surface area (Å²) in [5.74, 6) is -0.363. The van der Waals surface area contributed by atoms with Crippen molar-refractivity contribution in [3.63, 3.8) is 0 Å². The number of hydrogen-bond donors (Lipinski definition) is 2. The van der Waals surface area contributed by atoms with Crippen LogP contribution in [0.2, 0.25) is 5.02 Å². The molecule has 0 aliphatic heterocycles. The molecule has 0 radical (unpaired) electrons. The minimum atomic E-state index is -0.415. The van der Waals surface area contributed by atoms with E-state index < -0.39 is 6.04 Å². The lowest BCUT2D eigenvalue weighted by Crippen LogP contribution is -2.32. The van der Waals surface area contributed by atoms with Crippen molar-refractivity contribution in [2.24, 2.45) is 0 Å². The van der Waals surface area contributed by atoms with Gasteiger partial charge in [-0.25, -0.2) is 4.68 Å².